The summed E-state index contributed by atoms with van der Waals surface area (Å²) in [5.74, 6) is 0.293. The van der Waals surface area contributed by atoms with Gasteiger partial charge in [-0.1, -0.05) is 58.0 Å². The van der Waals surface area contributed by atoms with E-state index in [-0.39, 0.29) is 6.04 Å². The van der Waals surface area contributed by atoms with Crippen LogP contribution in [0.15, 0.2) is 30.3 Å². The minimum Gasteiger partial charge on any atom is -0.480 e. The van der Waals surface area contributed by atoms with Crippen LogP contribution in [0.4, 0.5) is 0 Å². The Morgan fingerprint density at radius 2 is 1.55 bits per heavy atom. The van der Waals surface area contributed by atoms with Crippen LogP contribution in [0, 0.1) is 11.8 Å². The van der Waals surface area contributed by atoms with E-state index in [1.54, 1.807) is 0 Å². The highest BCUT2D eigenvalue weighted by atomic mass is 16.4. The van der Waals surface area contributed by atoms with E-state index in [0.29, 0.717) is 11.8 Å². The first-order valence-electron chi connectivity index (χ1n) is 7.44. The van der Waals surface area contributed by atoms with Gasteiger partial charge in [0.05, 0.1) is 0 Å². The lowest BCUT2D eigenvalue weighted by molar-refractivity contribution is -0.140. The largest absolute Gasteiger partial charge is 0.480 e. The van der Waals surface area contributed by atoms with Gasteiger partial charge in [-0.05, 0) is 30.2 Å². The normalized spacial score (nSPS) is 13.2. The molecule has 0 aliphatic carbocycles. The smallest absolute Gasteiger partial charge is 0.325 e. The molecule has 1 unspecified atom stereocenters. The lowest BCUT2D eigenvalue weighted by atomic mass is 9.94. The molecule has 0 fully saturated rings. The summed E-state index contributed by atoms with van der Waals surface area (Å²) < 4.78 is 0. The van der Waals surface area contributed by atoms with Crippen LogP contribution < -0.4 is 5.32 Å². The minimum atomic E-state index is -0.811. The van der Waals surface area contributed by atoms with Crippen LogP contribution in [0.25, 0.3) is 0 Å². The summed E-state index contributed by atoms with van der Waals surface area (Å²) >= 11 is 0. The zero-order valence-corrected chi connectivity index (χ0v) is 13.0. The predicted octanol–water partition coefficient (Wildman–Crippen LogP) is 3.86. The van der Waals surface area contributed by atoms with Gasteiger partial charge in [-0.25, -0.2) is 0 Å². The van der Waals surface area contributed by atoms with Crippen LogP contribution in [0.3, 0.4) is 0 Å². The maximum atomic E-state index is 11.5. The number of carboxylic acids is 1. The second kappa shape index (κ2) is 8.05. The Bertz CT molecular complexity index is 391. The molecule has 1 rings (SSSR count). The molecule has 0 aromatic heterocycles. The van der Waals surface area contributed by atoms with E-state index >= 15 is 0 Å². The molecule has 0 heterocycles. The van der Waals surface area contributed by atoms with Crippen LogP contribution in [-0.4, -0.2) is 17.1 Å². The van der Waals surface area contributed by atoms with Crippen LogP contribution in [-0.2, 0) is 4.79 Å². The quantitative estimate of drug-likeness (QED) is 0.758. The number of carbonyl (C=O) groups is 1. The second-order valence-electron chi connectivity index (χ2n) is 6.30. The summed E-state index contributed by atoms with van der Waals surface area (Å²) in [5.41, 5.74) is 0.817. The summed E-state index contributed by atoms with van der Waals surface area (Å²) in [5, 5.41) is 12.8. The molecule has 0 bridgehead atoms. The first kappa shape index (κ1) is 16.7. The first-order chi connectivity index (χ1) is 9.40. The molecule has 2 N–H and O–H groups in total. The lowest BCUT2D eigenvalue weighted by Crippen LogP contribution is -2.38. The van der Waals surface area contributed by atoms with E-state index in [1.165, 1.54) is 0 Å². The monoisotopic (exact) mass is 277 g/mol. The third kappa shape index (κ3) is 5.74. The average Bonchev–Trinajstić information content (AvgIpc) is 2.35. The van der Waals surface area contributed by atoms with Crippen molar-refractivity contribution in [2.75, 3.05) is 0 Å². The number of aliphatic carboxylic acids is 1. The zero-order chi connectivity index (χ0) is 15.1. The van der Waals surface area contributed by atoms with Crippen molar-refractivity contribution in [3.63, 3.8) is 0 Å². The molecule has 0 spiro atoms. The van der Waals surface area contributed by atoms with Crippen molar-refractivity contribution in [1.29, 1.82) is 0 Å². The van der Waals surface area contributed by atoms with Gasteiger partial charge < -0.3 is 5.11 Å². The fourth-order valence-corrected chi connectivity index (χ4v) is 2.56. The number of nitrogens with one attached hydrogen (secondary N) is 1. The molecule has 0 aliphatic rings. The van der Waals surface area contributed by atoms with Crippen molar-refractivity contribution in [3.05, 3.63) is 35.9 Å². The van der Waals surface area contributed by atoms with Gasteiger partial charge in [0.2, 0.25) is 0 Å². The number of carboxylic acid groups (broad SMARTS) is 1. The number of hydrogen-bond donors (Lipinski definition) is 2. The Morgan fingerprint density at radius 3 is 1.95 bits per heavy atom. The number of rotatable bonds is 8. The molecule has 0 saturated heterocycles. The van der Waals surface area contributed by atoms with Crippen LogP contribution in [0.2, 0.25) is 0 Å². The molecule has 20 heavy (non-hydrogen) atoms. The fraction of sp³-hybridized carbons (Fsp3) is 0.588. The molecule has 1 aromatic rings. The third-order valence-electron chi connectivity index (χ3n) is 3.29. The van der Waals surface area contributed by atoms with Gasteiger partial charge >= 0.3 is 5.97 Å². The molecular weight excluding hydrogens is 250 g/mol. The van der Waals surface area contributed by atoms with Crippen LogP contribution in [0.5, 0.6) is 0 Å². The maximum absolute atomic E-state index is 11.5. The van der Waals surface area contributed by atoms with E-state index in [4.69, 9.17) is 0 Å². The van der Waals surface area contributed by atoms with E-state index in [0.717, 1.165) is 18.4 Å². The van der Waals surface area contributed by atoms with Gasteiger partial charge in [0.1, 0.15) is 6.04 Å². The standard InChI is InChI=1S/C17H27NO2/c1-12(2)10-15(11-13(3)4)18-16(17(19)20)14-8-6-5-7-9-14/h5-9,12-13,15-16,18H,10-11H2,1-4H3,(H,19,20). The maximum Gasteiger partial charge on any atom is 0.325 e. The van der Waals surface area contributed by atoms with E-state index in [9.17, 15) is 9.90 Å². The predicted molar refractivity (Wildman–Crippen MR) is 82.7 cm³/mol. The topological polar surface area (TPSA) is 49.3 Å². The highest BCUT2D eigenvalue weighted by Gasteiger charge is 2.24. The van der Waals surface area contributed by atoms with Gasteiger partial charge in [-0.2, -0.15) is 0 Å². The van der Waals surface area contributed by atoms with Crippen LogP contribution >= 0.6 is 0 Å². The molecule has 0 aliphatic heterocycles. The molecule has 112 valence electrons. The second-order valence-corrected chi connectivity index (χ2v) is 6.30. The lowest BCUT2D eigenvalue weighted by Gasteiger charge is -2.26. The molecule has 3 nitrogen and oxygen atoms in total. The van der Waals surface area contributed by atoms with Crippen LogP contribution in [0.1, 0.15) is 52.1 Å². The molecule has 1 aromatic carbocycles. The molecule has 0 radical (unpaired) electrons. The van der Waals surface area contributed by atoms with E-state index < -0.39 is 12.0 Å². The summed E-state index contributed by atoms with van der Waals surface area (Å²) in [6.45, 7) is 8.70. The number of benzene rings is 1. The summed E-state index contributed by atoms with van der Waals surface area (Å²) in [4.78, 5) is 11.5. The van der Waals surface area contributed by atoms with Gasteiger partial charge in [-0.15, -0.1) is 0 Å². The fourth-order valence-electron chi connectivity index (χ4n) is 2.56. The summed E-state index contributed by atoms with van der Waals surface area (Å²) in [7, 11) is 0. The Hall–Kier alpha value is -1.35. The first-order valence-corrected chi connectivity index (χ1v) is 7.44. The molecular formula is C17H27NO2. The van der Waals surface area contributed by atoms with Gasteiger partial charge in [-0.3, -0.25) is 10.1 Å². The van der Waals surface area contributed by atoms with Crippen molar-refractivity contribution >= 4 is 5.97 Å². The minimum absolute atomic E-state index is 0.233. The van der Waals surface area contributed by atoms with Crippen molar-refractivity contribution in [2.45, 2.75) is 52.6 Å². The number of hydrogen-bond acceptors (Lipinski definition) is 2. The highest BCUT2D eigenvalue weighted by molar-refractivity contribution is 5.75. The summed E-state index contributed by atoms with van der Waals surface area (Å²) in [6, 6.07) is 9.01. The zero-order valence-electron chi connectivity index (χ0n) is 13.0. The Morgan fingerprint density at radius 1 is 1.05 bits per heavy atom. The molecule has 3 heteroatoms. The molecule has 1 atom stereocenters. The average molecular weight is 277 g/mol. The summed E-state index contributed by atoms with van der Waals surface area (Å²) in [6.07, 6.45) is 1.99. The van der Waals surface area contributed by atoms with Crippen molar-refractivity contribution in [3.8, 4) is 0 Å². The van der Waals surface area contributed by atoms with Crippen molar-refractivity contribution in [2.24, 2.45) is 11.8 Å². The Kier molecular flexibility index (Phi) is 6.73. The van der Waals surface area contributed by atoms with Gasteiger partial charge in [0.15, 0.2) is 0 Å². The molecule has 0 saturated carbocycles. The molecule has 0 amide bonds. The van der Waals surface area contributed by atoms with Gasteiger partial charge in [0.25, 0.3) is 0 Å². The SMILES string of the molecule is CC(C)CC(CC(C)C)NC(C(=O)O)c1ccccc1. The van der Waals surface area contributed by atoms with Crippen molar-refractivity contribution in [1.82, 2.24) is 5.32 Å². The van der Waals surface area contributed by atoms with E-state index in [1.807, 2.05) is 30.3 Å². The Balaban J connectivity index is 2.83. The highest BCUT2D eigenvalue weighted by Crippen LogP contribution is 2.19. The Labute approximate surface area is 122 Å². The van der Waals surface area contributed by atoms with Crippen molar-refractivity contribution < 1.29 is 9.90 Å². The van der Waals surface area contributed by atoms with E-state index in [2.05, 4.69) is 33.0 Å². The van der Waals surface area contributed by atoms with Gasteiger partial charge in [0, 0.05) is 6.04 Å². The third-order valence-corrected chi connectivity index (χ3v) is 3.29.